The molecule has 1 aromatic carbocycles. The number of halogens is 2. The fourth-order valence-electron chi connectivity index (χ4n) is 1.84. The molecule has 21 heavy (non-hydrogen) atoms. The molecule has 1 heterocycles. The highest BCUT2D eigenvalue weighted by Gasteiger charge is 2.24. The van der Waals surface area contributed by atoms with Crippen LogP contribution in [0.1, 0.15) is 23.3 Å². The highest BCUT2D eigenvalue weighted by molar-refractivity contribution is 6.43. The Hall–Kier alpha value is -1.78. The number of benzene rings is 1. The first kappa shape index (κ1) is 14.2. The number of nitrogens with zero attached hydrogens (tertiary/aromatic N) is 1. The van der Waals surface area contributed by atoms with Crippen molar-refractivity contribution in [2.24, 2.45) is 0 Å². The summed E-state index contributed by atoms with van der Waals surface area (Å²) in [5.74, 6) is -0.134. The topological polar surface area (TPSA) is 54.0 Å². The maximum atomic E-state index is 11.8. The van der Waals surface area contributed by atoms with Gasteiger partial charge in [-0.1, -0.05) is 29.3 Å². The first-order valence-electron chi connectivity index (χ1n) is 6.61. The van der Waals surface area contributed by atoms with Crippen molar-refractivity contribution in [1.29, 1.82) is 0 Å². The van der Waals surface area contributed by atoms with Gasteiger partial charge >= 0.3 is 0 Å². The molecule has 1 aliphatic carbocycles. The number of anilines is 2. The zero-order valence-corrected chi connectivity index (χ0v) is 12.6. The molecule has 3 rings (SSSR count). The van der Waals surface area contributed by atoms with Gasteiger partial charge in [0.25, 0.3) is 5.91 Å². The summed E-state index contributed by atoms with van der Waals surface area (Å²) in [6, 6.07) is 9.13. The molecule has 1 aliphatic rings. The van der Waals surface area contributed by atoms with E-state index in [-0.39, 0.29) is 5.91 Å². The van der Waals surface area contributed by atoms with Crippen molar-refractivity contribution in [2.45, 2.75) is 18.9 Å². The van der Waals surface area contributed by atoms with Crippen molar-refractivity contribution in [3.05, 3.63) is 52.3 Å². The smallest absolute Gasteiger partial charge is 0.270 e. The summed E-state index contributed by atoms with van der Waals surface area (Å²) in [6.07, 6.45) is 3.70. The molecule has 6 heteroatoms. The van der Waals surface area contributed by atoms with Gasteiger partial charge in [-0.3, -0.25) is 4.79 Å². The number of hydrogen-bond acceptors (Lipinski definition) is 3. The van der Waals surface area contributed by atoms with Crippen molar-refractivity contribution in [3.63, 3.8) is 0 Å². The second-order valence-corrected chi connectivity index (χ2v) is 5.69. The first-order valence-corrected chi connectivity index (χ1v) is 7.37. The minimum absolute atomic E-state index is 0.134. The van der Waals surface area contributed by atoms with E-state index in [9.17, 15) is 4.79 Å². The molecule has 0 spiro atoms. The van der Waals surface area contributed by atoms with Gasteiger partial charge in [0.2, 0.25) is 0 Å². The Kier molecular flexibility index (Phi) is 3.99. The second kappa shape index (κ2) is 5.92. The van der Waals surface area contributed by atoms with Crippen LogP contribution in [0, 0.1) is 0 Å². The zero-order chi connectivity index (χ0) is 14.8. The lowest BCUT2D eigenvalue weighted by Gasteiger charge is -2.09. The lowest BCUT2D eigenvalue weighted by atomic mass is 10.2. The summed E-state index contributed by atoms with van der Waals surface area (Å²) in [5.41, 5.74) is 1.84. The second-order valence-electron chi connectivity index (χ2n) is 4.91. The molecule has 2 N–H and O–H groups in total. The molecule has 2 aromatic rings. The molecule has 1 fully saturated rings. The van der Waals surface area contributed by atoms with Crippen LogP contribution in [0.5, 0.6) is 0 Å². The first-order chi connectivity index (χ1) is 10.1. The fraction of sp³-hybridized carbons (Fsp3) is 0.200. The average molecular weight is 322 g/mol. The van der Waals surface area contributed by atoms with Gasteiger partial charge < -0.3 is 10.6 Å². The Morgan fingerprint density at radius 2 is 2.00 bits per heavy atom. The van der Waals surface area contributed by atoms with Crippen molar-refractivity contribution >= 4 is 40.5 Å². The Morgan fingerprint density at radius 3 is 2.67 bits per heavy atom. The van der Waals surface area contributed by atoms with Gasteiger partial charge in [-0.2, -0.15) is 0 Å². The summed E-state index contributed by atoms with van der Waals surface area (Å²) in [7, 11) is 0. The molecule has 0 saturated heterocycles. The minimum atomic E-state index is -0.134. The molecule has 0 radical (unpaired) electrons. The van der Waals surface area contributed by atoms with E-state index in [1.807, 2.05) is 6.07 Å². The molecule has 0 bridgehead atoms. The number of amides is 1. The third-order valence-corrected chi connectivity index (χ3v) is 3.96. The predicted molar refractivity (Wildman–Crippen MR) is 84.5 cm³/mol. The number of carbonyl (C=O) groups excluding carboxylic acids is 1. The summed E-state index contributed by atoms with van der Waals surface area (Å²) in [4.78, 5) is 16.0. The number of hydrogen-bond donors (Lipinski definition) is 2. The number of aromatic nitrogens is 1. The molecule has 1 amide bonds. The fourth-order valence-corrected chi connectivity index (χ4v) is 2.19. The highest BCUT2D eigenvalue weighted by atomic mass is 35.5. The third kappa shape index (κ3) is 3.46. The molecule has 1 aromatic heterocycles. The van der Waals surface area contributed by atoms with Crippen molar-refractivity contribution in [2.75, 3.05) is 5.32 Å². The largest absolute Gasteiger partial charge is 0.353 e. The molecule has 108 valence electrons. The lowest BCUT2D eigenvalue weighted by Crippen LogP contribution is -2.26. The standard InChI is InChI=1S/C15H13Cl2N3O/c16-11-2-1-3-12(14(11)17)19-10-6-7-13(18-8-10)15(21)20-9-4-5-9/h1-3,6-9,19H,4-5H2,(H,20,21). The van der Waals surface area contributed by atoms with Gasteiger partial charge in [0, 0.05) is 6.04 Å². The van der Waals surface area contributed by atoms with E-state index in [4.69, 9.17) is 23.2 Å². The maximum absolute atomic E-state index is 11.8. The minimum Gasteiger partial charge on any atom is -0.353 e. The van der Waals surface area contributed by atoms with Crippen LogP contribution in [-0.4, -0.2) is 16.9 Å². The van der Waals surface area contributed by atoms with Gasteiger partial charge in [-0.15, -0.1) is 0 Å². The van der Waals surface area contributed by atoms with Crippen LogP contribution in [-0.2, 0) is 0 Å². The maximum Gasteiger partial charge on any atom is 0.270 e. The number of pyridine rings is 1. The van der Waals surface area contributed by atoms with Gasteiger partial charge in [0.05, 0.1) is 27.6 Å². The van der Waals surface area contributed by atoms with Gasteiger partial charge in [0.1, 0.15) is 5.69 Å². The van der Waals surface area contributed by atoms with E-state index in [1.165, 1.54) is 0 Å². The molecular weight excluding hydrogens is 309 g/mol. The van der Waals surface area contributed by atoms with Gasteiger partial charge in [-0.25, -0.2) is 4.98 Å². The van der Waals surface area contributed by atoms with Gasteiger partial charge in [-0.05, 0) is 37.1 Å². The van der Waals surface area contributed by atoms with Crippen LogP contribution in [0.15, 0.2) is 36.5 Å². The monoisotopic (exact) mass is 321 g/mol. The van der Waals surface area contributed by atoms with Crippen LogP contribution < -0.4 is 10.6 Å². The summed E-state index contributed by atoms with van der Waals surface area (Å²) in [5, 5.41) is 6.95. The Bertz CT molecular complexity index is 669. The Labute approximate surface area is 132 Å². The highest BCUT2D eigenvalue weighted by Crippen LogP contribution is 2.31. The third-order valence-electron chi connectivity index (χ3n) is 3.14. The molecule has 0 atom stereocenters. The Morgan fingerprint density at radius 1 is 1.19 bits per heavy atom. The normalized spacial score (nSPS) is 13.8. The summed E-state index contributed by atoms with van der Waals surface area (Å²) < 4.78 is 0. The van der Waals surface area contributed by atoms with Crippen LogP contribution in [0.2, 0.25) is 10.0 Å². The Balaban J connectivity index is 1.71. The lowest BCUT2D eigenvalue weighted by molar-refractivity contribution is 0.0946. The van der Waals surface area contributed by atoms with Crippen LogP contribution in [0.4, 0.5) is 11.4 Å². The predicted octanol–water partition coefficient (Wildman–Crippen LogP) is 4.02. The SMILES string of the molecule is O=C(NC1CC1)c1ccc(Nc2cccc(Cl)c2Cl)cn1. The van der Waals surface area contributed by atoms with Crippen LogP contribution >= 0.6 is 23.2 Å². The number of rotatable bonds is 4. The van der Waals surface area contributed by atoms with Crippen molar-refractivity contribution in [1.82, 2.24) is 10.3 Å². The van der Waals surface area contributed by atoms with E-state index >= 15 is 0 Å². The van der Waals surface area contributed by atoms with Crippen molar-refractivity contribution in [3.8, 4) is 0 Å². The number of nitrogens with one attached hydrogen (secondary N) is 2. The molecule has 0 aliphatic heterocycles. The van der Waals surface area contributed by atoms with Crippen LogP contribution in [0.3, 0.4) is 0 Å². The molecule has 1 saturated carbocycles. The average Bonchev–Trinajstić information content (AvgIpc) is 3.28. The van der Waals surface area contributed by atoms with Crippen LogP contribution in [0.25, 0.3) is 0 Å². The van der Waals surface area contributed by atoms with Crippen molar-refractivity contribution < 1.29 is 4.79 Å². The number of carbonyl (C=O) groups is 1. The van der Waals surface area contributed by atoms with E-state index in [2.05, 4.69) is 15.6 Å². The summed E-state index contributed by atoms with van der Waals surface area (Å²) in [6.45, 7) is 0. The molecule has 0 unspecified atom stereocenters. The quantitative estimate of drug-likeness (QED) is 0.894. The zero-order valence-electron chi connectivity index (χ0n) is 11.1. The van der Waals surface area contributed by atoms with E-state index in [0.29, 0.717) is 27.5 Å². The summed E-state index contributed by atoms with van der Waals surface area (Å²) >= 11 is 12.1. The van der Waals surface area contributed by atoms with Gasteiger partial charge in [0.15, 0.2) is 0 Å². The molecular formula is C15H13Cl2N3O. The van der Waals surface area contributed by atoms with E-state index in [0.717, 1.165) is 18.5 Å². The van der Waals surface area contributed by atoms with E-state index in [1.54, 1.807) is 30.5 Å². The molecule has 4 nitrogen and oxygen atoms in total. The van der Waals surface area contributed by atoms with E-state index < -0.39 is 0 Å².